The number of hydrogen-bond donors (Lipinski definition) is 3. The Morgan fingerprint density at radius 1 is 1.11 bits per heavy atom. The number of nitrogens with two attached hydrogens (primary N) is 1. The first-order valence-corrected chi connectivity index (χ1v) is 12.5. The molecule has 0 spiro atoms. The quantitative estimate of drug-likeness (QED) is 0.214. The van der Waals surface area contributed by atoms with Gasteiger partial charge in [0.25, 0.3) is 5.91 Å². The maximum absolute atomic E-state index is 14.7. The number of carbonyl (C=O) groups is 1. The molecule has 1 aromatic carbocycles. The van der Waals surface area contributed by atoms with E-state index >= 15 is 0 Å². The van der Waals surface area contributed by atoms with Gasteiger partial charge >= 0.3 is 6.18 Å². The van der Waals surface area contributed by atoms with Crippen molar-refractivity contribution in [2.24, 2.45) is 5.73 Å². The van der Waals surface area contributed by atoms with E-state index in [-0.39, 0.29) is 16.9 Å². The van der Waals surface area contributed by atoms with E-state index in [0.29, 0.717) is 12.1 Å². The van der Waals surface area contributed by atoms with Crippen LogP contribution in [0.2, 0.25) is 0 Å². The number of sulfone groups is 1. The summed E-state index contributed by atoms with van der Waals surface area (Å²) in [7, 11) is -4.56. The van der Waals surface area contributed by atoms with Gasteiger partial charge in [0, 0.05) is 11.9 Å². The Hall–Kier alpha value is -3.94. The molecule has 202 valence electrons. The number of aromatic nitrogens is 2. The van der Waals surface area contributed by atoms with Gasteiger partial charge in [0.05, 0.1) is 23.2 Å². The minimum atomic E-state index is -4.80. The molecule has 1 amide bonds. The van der Waals surface area contributed by atoms with E-state index in [0.717, 1.165) is 37.5 Å². The topological polar surface area (TPSA) is 139 Å². The number of amidine groups is 1. The Bertz CT molecular complexity index is 1480. The van der Waals surface area contributed by atoms with Crippen LogP contribution in [0.4, 0.5) is 27.6 Å². The highest BCUT2D eigenvalue weighted by atomic mass is 32.2. The summed E-state index contributed by atoms with van der Waals surface area (Å²) in [6, 6.07) is 6.70. The third-order valence-corrected chi connectivity index (χ3v) is 8.54. The molecule has 0 aliphatic heterocycles. The van der Waals surface area contributed by atoms with Crippen LogP contribution in [0.5, 0.6) is 0 Å². The molecule has 14 heteroatoms. The van der Waals surface area contributed by atoms with E-state index in [4.69, 9.17) is 11.1 Å². The lowest BCUT2D eigenvalue weighted by Crippen LogP contribution is -2.47. The fourth-order valence-corrected chi connectivity index (χ4v) is 5.56. The molecule has 2 heterocycles. The molecule has 0 radical (unpaired) electrons. The highest BCUT2D eigenvalue weighted by molar-refractivity contribution is 7.93. The summed E-state index contributed by atoms with van der Waals surface area (Å²) in [5.41, 5.74) is 3.60. The van der Waals surface area contributed by atoms with Gasteiger partial charge in [-0.05, 0) is 60.9 Å². The number of amides is 1. The third-order valence-electron chi connectivity index (χ3n) is 5.93. The second-order valence-corrected chi connectivity index (χ2v) is 11.0. The highest BCUT2D eigenvalue weighted by Crippen LogP contribution is 2.37. The number of anilines is 1. The number of alkyl halides is 3. The fourth-order valence-electron chi connectivity index (χ4n) is 3.62. The van der Waals surface area contributed by atoms with Crippen LogP contribution in [0.3, 0.4) is 0 Å². The third kappa shape index (κ3) is 5.79. The maximum atomic E-state index is 14.7. The monoisotopic (exact) mass is 555 g/mol. The lowest BCUT2D eigenvalue weighted by molar-refractivity contribution is -0.137. The molecule has 4 N–H and O–H groups in total. The summed E-state index contributed by atoms with van der Waals surface area (Å²) in [4.78, 5) is 19.8. The Morgan fingerprint density at radius 3 is 2.37 bits per heavy atom. The van der Waals surface area contributed by atoms with Gasteiger partial charge in [-0.3, -0.25) is 15.2 Å². The summed E-state index contributed by atoms with van der Waals surface area (Å²) in [6.45, 7) is 2.31. The molecule has 0 aliphatic carbocycles. The Kier molecular flexibility index (Phi) is 7.86. The fraction of sp³-hybridized carbons (Fsp3) is 0.250. The molecule has 0 fully saturated rings. The van der Waals surface area contributed by atoms with Gasteiger partial charge in [-0.15, -0.1) is 0 Å². The molecule has 3 aromatic rings. The van der Waals surface area contributed by atoms with Crippen molar-refractivity contribution in [1.29, 1.82) is 5.41 Å². The summed E-state index contributed by atoms with van der Waals surface area (Å²) in [5.74, 6) is -5.09. The number of nitrogens with one attached hydrogen (secondary N) is 2. The Balaban J connectivity index is 1.92. The van der Waals surface area contributed by atoms with E-state index in [1.54, 1.807) is 0 Å². The van der Waals surface area contributed by atoms with E-state index in [2.05, 4.69) is 15.3 Å². The molecule has 2 aromatic heterocycles. The predicted octanol–water partition coefficient (Wildman–Crippen LogP) is 4.40. The molecular formula is C24H22F5N5O3S. The molecular weight excluding hydrogens is 533 g/mol. The molecule has 0 aliphatic rings. The van der Waals surface area contributed by atoms with Gasteiger partial charge in [-0.2, -0.15) is 13.2 Å². The van der Waals surface area contributed by atoms with Crippen molar-refractivity contribution in [3.63, 3.8) is 0 Å². The predicted molar refractivity (Wildman–Crippen MR) is 129 cm³/mol. The van der Waals surface area contributed by atoms with Crippen LogP contribution < -0.4 is 11.1 Å². The number of hydrogen-bond acceptors (Lipinski definition) is 6. The van der Waals surface area contributed by atoms with Gasteiger partial charge in [0.2, 0.25) is 0 Å². The molecule has 8 nitrogen and oxygen atoms in total. The number of nitrogens with zero attached hydrogens (tertiary/aromatic N) is 2. The van der Waals surface area contributed by atoms with E-state index in [1.165, 1.54) is 19.1 Å². The van der Waals surface area contributed by atoms with Crippen molar-refractivity contribution in [3.8, 4) is 0 Å². The minimum absolute atomic E-state index is 0.0793. The second-order valence-electron chi connectivity index (χ2n) is 8.61. The van der Waals surface area contributed by atoms with Gasteiger partial charge < -0.3 is 11.1 Å². The summed E-state index contributed by atoms with van der Waals surface area (Å²) in [5, 5.41) is 10.3. The van der Waals surface area contributed by atoms with Crippen LogP contribution in [0.25, 0.3) is 0 Å². The normalized spacial score (nSPS) is 14.4. The smallest absolute Gasteiger partial charge is 0.386 e. The lowest BCUT2D eigenvalue weighted by Gasteiger charge is -2.29. The van der Waals surface area contributed by atoms with Crippen LogP contribution in [-0.4, -0.2) is 35.9 Å². The standard InChI is InChI=1S/C24H22F5N5O3S/c1-13(17-10-16(4-5-18(17)26)34-21(35)19-6-3-15(25)11-33-19)12-38(36,37)23(2,22(30)31)20-9-14(7-8-32-20)24(27,28)29/h3-11,13H,12H2,1-2H3,(H3,30,31)(H,34,35)/t13?,23-/m0/s1. The van der Waals surface area contributed by atoms with Gasteiger partial charge in [-0.1, -0.05) is 6.92 Å². The molecule has 0 saturated heterocycles. The molecule has 1 unspecified atom stereocenters. The first kappa shape index (κ1) is 28.6. The van der Waals surface area contributed by atoms with Gasteiger partial charge in [0.1, 0.15) is 23.2 Å². The lowest BCUT2D eigenvalue weighted by atomic mass is 10.0. The van der Waals surface area contributed by atoms with E-state index in [1.807, 2.05) is 0 Å². The zero-order valence-electron chi connectivity index (χ0n) is 20.0. The van der Waals surface area contributed by atoms with Gasteiger partial charge in [0.15, 0.2) is 14.6 Å². The Morgan fingerprint density at radius 2 is 1.79 bits per heavy atom. The van der Waals surface area contributed by atoms with Crippen LogP contribution in [0.15, 0.2) is 54.9 Å². The first-order valence-electron chi connectivity index (χ1n) is 10.9. The Labute approximate surface area is 214 Å². The second kappa shape index (κ2) is 10.4. The molecule has 0 bridgehead atoms. The van der Waals surface area contributed by atoms with Gasteiger partial charge in [-0.25, -0.2) is 22.2 Å². The van der Waals surface area contributed by atoms with Crippen molar-refractivity contribution in [3.05, 3.63) is 89.0 Å². The molecule has 0 saturated carbocycles. The van der Waals surface area contributed by atoms with Crippen LogP contribution >= 0.6 is 0 Å². The van der Waals surface area contributed by atoms with Crippen molar-refractivity contribution in [2.75, 3.05) is 11.1 Å². The average Bonchev–Trinajstić information content (AvgIpc) is 2.84. The minimum Gasteiger partial charge on any atom is -0.386 e. The van der Waals surface area contributed by atoms with Crippen molar-refractivity contribution in [1.82, 2.24) is 9.97 Å². The summed E-state index contributed by atoms with van der Waals surface area (Å²) in [6.07, 6.45) is -3.20. The number of rotatable bonds is 8. The number of benzene rings is 1. The van der Waals surface area contributed by atoms with Crippen LogP contribution in [-0.2, 0) is 20.8 Å². The van der Waals surface area contributed by atoms with Crippen molar-refractivity contribution >= 4 is 27.3 Å². The van der Waals surface area contributed by atoms with Crippen molar-refractivity contribution < 1.29 is 35.2 Å². The van der Waals surface area contributed by atoms with Crippen LogP contribution in [0.1, 0.15) is 47.1 Å². The molecule has 38 heavy (non-hydrogen) atoms. The first-order chi connectivity index (χ1) is 17.6. The SMILES string of the molecule is CC(CS(=O)(=O)[C@](C)(C(=N)N)c1cc(C(F)(F)F)ccn1)c1cc(NC(=O)c2ccc(F)cn2)ccc1F. The van der Waals surface area contributed by atoms with E-state index < -0.39 is 67.1 Å². The maximum Gasteiger partial charge on any atom is 0.416 e. The number of pyridine rings is 2. The largest absolute Gasteiger partial charge is 0.416 e. The zero-order valence-corrected chi connectivity index (χ0v) is 20.8. The summed E-state index contributed by atoms with van der Waals surface area (Å²) < 4.78 is 91.9. The molecule has 2 atom stereocenters. The zero-order chi connectivity index (χ0) is 28.5. The average molecular weight is 556 g/mol. The highest BCUT2D eigenvalue weighted by Gasteiger charge is 2.47. The number of carbonyl (C=O) groups excluding carboxylic acids is 1. The summed E-state index contributed by atoms with van der Waals surface area (Å²) >= 11 is 0. The number of halogens is 5. The van der Waals surface area contributed by atoms with E-state index in [9.17, 15) is 35.2 Å². The van der Waals surface area contributed by atoms with Crippen LogP contribution in [0, 0.1) is 17.0 Å². The van der Waals surface area contributed by atoms with Crippen molar-refractivity contribution in [2.45, 2.75) is 30.7 Å². The molecule has 3 rings (SSSR count).